The third-order valence-corrected chi connectivity index (χ3v) is 1.99. The molecule has 1 rings (SSSR count). The van der Waals surface area contributed by atoms with Crippen molar-refractivity contribution in [3.05, 3.63) is 34.6 Å². The number of rotatable bonds is 2. The summed E-state index contributed by atoms with van der Waals surface area (Å²) in [5.41, 5.74) is 6.18. The van der Waals surface area contributed by atoms with E-state index in [2.05, 4.69) is 0 Å². The van der Waals surface area contributed by atoms with E-state index in [9.17, 15) is 4.39 Å². The molecule has 1 aromatic carbocycles. The first-order valence-electron chi connectivity index (χ1n) is 3.72. The minimum Gasteiger partial charge on any atom is -0.323 e. The van der Waals surface area contributed by atoms with Crippen LogP contribution in [0.1, 0.15) is 18.0 Å². The van der Waals surface area contributed by atoms with Gasteiger partial charge >= 0.3 is 0 Å². The van der Waals surface area contributed by atoms with E-state index >= 15 is 0 Å². The van der Waals surface area contributed by atoms with Crippen LogP contribution in [0.2, 0.25) is 5.02 Å². The van der Waals surface area contributed by atoms with Crippen LogP contribution in [0.3, 0.4) is 0 Å². The van der Waals surface area contributed by atoms with Crippen LogP contribution in [-0.2, 0) is 0 Å². The van der Waals surface area contributed by atoms with Gasteiger partial charge in [0.25, 0.3) is 0 Å². The Morgan fingerprint density at radius 2 is 2.21 bits per heavy atom. The molecule has 0 amide bonds. The van der Waals surface area contributed by atoms with Crippen LogP contribution >= 0.6 is 24.0 Å². The number of nitrogens with two attached hydrogens (primary N) is 1. The molecule has 1 atom stereocenters. The molecular weight excluding hydrogens is 226 g/mol. The van der Waals surface area contributed by atoms with Gasteiger partial charge in [0.05, 0.1) is 17.5 Å². The predicted molar refractivity (Wildman–Crippen MR) is 55.8 cm³/mol. The van der Waals surface area contributed by atoms with E-state index in [1.54, 1.807) is 6.07 Å². The lowest BCUT2D eigenvalue weighted by atomic mass is 10.1. The summed E-state index contributed by atoms with van der Waals surface area (Å²) in [6.45, 7) is 0. The van der Waals surface area contributed by atoms with Crippen molar-refractivity contribution in [3.63, 3.8) is 0 Å². The van der Waals surface area contributed by atoms with Crippen LogP contribution in [0, 0.1) is 17.1 Å². The maximum absolute atomic E-state index is 12.9. The van der Waals surface area contributed by atoms with Gasteiger partial charge in [-0.15, -0.1) is 12.4 Å². The van der Waals surface area contributed by atoms with E-state index in [4.69, 9.17) is 22.6 Å². The second kappa shape index (κ2) is 5.82. The van der Waals surface area contributed by atoms with E-state index < -0.39 is 11.9 Å². The summed E-state index contributed by atoms with van der Waals surface area (Å²) in [5, 5.41) is 8.43. The van der Waals surface area contributed by atoms with Gasteiger partial charge in [-0.05, 0) is 17.7 Å². The Hall–Kier alpha value is -0.820. The highest BCUT2D eigenvalue weighted by Crippen LogP contribution is 2.20. The molecule has 0 fully saturated rings. The minimum absolute atomic E-state index is 0. The Balaban J connectivity index is 0.00000169. The summed E-state index contributed by atoms with van der Waals surface area (Å²) in [7, 11) is 0. The zero-order valence-electron chi connectivity index (χ0n) is 7.21. The average molecular weight is 235 g/mol. The van der Waals surface area contributed by atoms with Gasteiger partial charge in [-0.25, -0.2) is 4.39 Å². The summed E-state index contributed by atoms with van der Waals surface area (Å²) >= 11 is 5.48. The summed E-state index contributed by atoms with van der Waals surface area (Å²) < 4.78 is 12.9. The van der Waals surface area contributed by atoms with Crippen molar-refractivity contribution >= 4 is 24.0 Å². The highest BCUT2D eigenvalue weighted by atomic mass is 35.5. The number of halogens is 3. The lowest BCUT2D eigenvalue weighted by Gasteiger charge is -2.07. The Morgan fingerprint density at radius 3 is 2.71 bits per heavy atom. The van der Waals surface area contributed by atoms with E-state index in [1.165, 1.54) is 12.1 Å². The van der Waals surface area contributed by atoms with Crippen LogP contribution in [0.25, 0.3) is 0 Å². The molecule has 0 spiro atoms. The van der Waals surface area contributed by atoms with Crippen LogP contribution in [0.4, 0.5) is 4.39 Å². The fraction of sp³-hybridized carbons (Fsp3) is 0.222. The largest absolute Gasteiger partial charge is 0.323 e. The molecular formula is C9H9Cl2FN2. The molecule has 0 aliphatic rings. The lowest BCUT2D eigenvalue weighted by molar-refractivity contribution is 0.620. The number of hydrogen-bond donors (Lipinski definition) is 1. The van der Waals surface area contributed by atoms with Gasteiger partial charge in [0.1, 0.15) is 5.82 Å². The fourth-order valence-electron chi connectivity index (χ4n) is 0.959. The standard InChI is InChI=1S/C9H8ClFN2.ClH/c10-7-2-1-6(5-8(7)11)9(13)3-4-12;/h1-2,5,9H,3,13H2;1H. The number of hydrogen-bond acceptors (Lipinski definition) is 2. The van der Waals surface area contributed by atoms with Gasteiger partial charge < -0.3 is 5.73 Å². The Kier molecular flexibility index (Phi) is 5.47. The zero-order chi connectivity index (χ0) is 9.84. The van der Waals surface area contributed by atoms with Crippen LogP contribution < -0.4 is 5.73 Å². The third-order valence-electron chi connectivity index (χ3n) is 1.68. The topological polar surface area (TPSA) is 49.8 Å². The first kappa shape index (κ1) is 13.2. The monoisotopic (exact) mass is 234 g/mol. The molecule has 1 aromatic rings. The minimum atomic E-state index is -0.507. The highest BCUT2D eigenvalue weighted by Gasteiger charge is 2.07. The molecule has 0 aromatic heterocycles. The maximum atomic E-state index is 12.9. The van der Waals surface area contributed by atoms with Gasteiger partial charge in [-0.3, -0.25) is 0 Å². The molecule has 0 aliphatic carbocycles. The molecule has 0 saturated carbocycles. The van der Waals surface area contributed by atoms with E-state index in [0.29, 0.717) is 5.56 Å². The van der Waals surface area contributed by atoms with Crippen LogP contribution in [0.15, 0.2) is 18.2 Å². The maximum Gasteiger partial charge on any atom is 0.142 e. The molecule has 0 radical (unpaired) electrons. The lowest BCUT2D eigenvalue weighted by Crippen LogP contribution is -2.09. The van der Waals surface area contributed by atoms with Gasteiger partial charge in [0, 0.05) is 6.04 Å². The van der Waals surface area contributed by atoms with Crippen molar-refractivity contribution in [1.29, 1.82) is 5.26 Å². The SMILES string of the molecule is Cl.N#CCC(N)c1ccc(Cl)c(F)c1. The molecule has 0 heterocycles. The van der Waals surface area contributed by atoms with Crippen molar-refractivity contribution in [3.8, 4) is 6.07 Å². The second-order valence-electron chi connectivity index (χ2n) is 2.64. The van der Waals surface area contributed by atoms with Crippen molar-refractivity contribution in [2.24, 2.45) is 5.73 Å². The van der Waals surface area contributed by atoms with Crippen molar-refractivity contribution in [2.75, 3.05) is 0 Å². The van der Waals surface area contributed by atoms with Gasteiger partial charge in [-0.1, -0.05) is 17.7 Å². The Labute approximate surface area is 92.9 Å². The first-order valence-corrected chi connectivity index (χ1v) is 4.10. The molecule has 2 N–H and O–H groups in total. The number of nitriles is 1. The van der Waals surface area contributed by atoms with Crippen LogP contribution in [0.5, 0.6) is 0 Å². The van der Waals surface area contributed by atoms with Crippen molar-refractivity contribution in [2.45, 2.75) is 12.5 Å². The molecule has 1 unspecified atom stereocenters. The summed E-state index contributed by atoms with van der Waals surface area (Å²) in [4.78, 5) is 0. The summed E-state index contributed by atoms with van der Waals surface area (Å²) in [6.07, 6.45) is 0.168. The van der Waals surface area contributed by atoms with Gasteiger partial charge in [0.15, 0.2) is 0 Å². The van der Waals surface area contributed by atoms with E-state index in [-0.39, 0.29) is 23.9 Å². The Bertz CT molecular complexity index is 349. The summed E-state index contributed by atoms with van der Waals surface area (Å²) in [5.74, 6) is -0.507. The molecule has 0 aliphatic heterocycles. The van der Waals surface area contributed by atoms with Gasteiger partial charge in [0.2, 0.25) is 0 Å². The predicted octanol–water partition coefficient (Wildman–Crippen LogP) is 2.81. The molecule has 0 saturated heterocycles. The number of benzene rings is 1. The zero-order valence-corrected chi connectivity index (χ0v) is 8.78. The van der Waals surface area contributed by atoms with Crippen molar-refractivity contribution in [1.82, 2.24) is 0 Å². The third kappa shape index (κ3) is 3.15. The normalized spacial score (nSPS) is 11.3. The van der Waals surface area contributed by atoms with Gasteiger partial charge in [-0.2, -0.15) is 5.26 Å². The first-order chi connectivity index (χ1) is 6.15. The molecule has 14 heavy (non-hydrogen) atoms. The summed E-state index contributed by atoms with van der Waals surface area (Å²) in [6, 6.07) is 5.78. The van der Waals surface area contributed by atoms with Crippen LogP contribution in [-0.4, -0.2) is 0 Å². The van der Waals surface area contributed by atoms with Crippen molar-refractivity contribution < 1.29 is 4.39 Å². The molecule has 2 nitrogen and oxygen atoms in total. The van der Waals surface area contributed by atoms with E-state index in [0.717, 1.165) is 0 Å². The molecule has 5 heteroatoms. The second-order valence-corrected chi connectivity index (χ2v) is 3.05. The number of nitrogens with zero attached hydrogens (tertiary/aromatic N) is 1. The fourth-order valence-corrected chi connectivity index (χ4v) is 1.08. The quantitative estimate of drug-likeness (QED) is 0.856. The Morgan fingerprint density at radius 1 is 1.57 bits per heavy atom. The van der Waals surface area contributed by atoms with E-state index in [1.807, 2.05) is 6.07 Å². The average Bonchev–Trinajstić information content (AvgIpc) is 2.10. The smallest absolute Gasteiger partial charge is 0.142 e. The molecule has 76 valence electrons. The molecule has 0 bridgehead atoms. The highest BCUT2D eigenvalue weighted by molar-refractivity contribution is 6.30.